The minimum atomic E-state index is -0.0105. The van der Waals surface area contributed by atoms with E-state index in [1.807, 2.05) is 13.2 Å². The molecule has 0 bridgehead atoms. The zero-order chi connectivity index (χ0) is 12.0. The highest BCUT2D eigenvalue weighted by molar-refractivity contribution is 5.04. The molecule has 0 aromatic carbocycles. The van der Waals surface area contributed by atoms with E-state index in [9.17, 15) is 0 Å². The molecule has 0 amide bonds. The molecule has 1 atom stereocenters. The third kappa shape index (κ3) is 3.08. The summed E-state index contributed by atoms with van der Waals surface area (Å²) < 4.78 is 5.84. The Labute approximate surface area is 100 Å². The van der Waals surface area contributed by atoms with Crippen molar-refractivity contribution in [2.24, 2.45) is 5.92 Å². The Balaban J connectivity index is 2.65. The van der Waals surface area contributed by atoms with Crippen LogP contribution in [0.2, 0.25) is 0 Å². The van der Waals surface area contributed by atoms with Gasteiger partial charge in [-0.3, -0.25) is 0 Å². The summed E-state index contributed by atoms with van der Waals surface area (Å²) in [6.07, 6.45) is 8.02. The lowest BCUT2D eigenvalue weighted by molar-refractivity contribution is -0.0635. The predicted octanol–water partition coefficient (Wildman–Crippen LogP) is 3.14. The summed E-state index contributed by atoms with van der Waals surface area (Å²) in [6.45, 7) is 9.52. The topological polar surface area (TPSA) is 21.3 Å². The van der Waals surface area contributed by atoms with Crippen molar-refractivity contribution >= 4 is 0 Å². The Bertz CT molecular complexity index is 207. The Hall–Kier alpha value is -0.340. The molecule has 1 saturated carbocycles. The van der Waals surface area contributed by atoms with Crippen LogP contribution in [-0.2, 0) is 4.74 Å². The fourth-order valence-electron chi connectivity index (χ4n) is 2.68. The Morgan fingerprint density at radius 1 is 1.50 bits per heavy atom. The maximum atomic E-state index is 5.84. The molecular formula is C14H27NO. The SMILES string of the molecule is C=CC(NCCC)C1(OC)CCC(C)CC1. The van der Waals surface area contributed by atoms with Gasteiger partial charge in [0.15, 0.2) is 0 Å². The lowest BCUT2D eigenvalue weighted by atomic mass is 9.75. The number of nitrogens with one attached hydrogen (secondary N) is 1. The molecule has 1 unspecified atom stereocenters. The van der Waals surface area contributed by atoms with E-state index in [1.165, 1.54) is 12.8 Å². The third-order valence-electron chi connectivity index (χ3n) is 3.94. The number of hydrogen-bond donors (Lipinski definition) is 1. The first-order valence-corrected chi connectivity index (χ1v) is 6.59. The molecule has 2 nitrogen and oxygen atoms in total. The van der Waals surface area contributed by atoms with Gasteiger partial charge in [0.25, 0.3) is 0 Å². The van der Waals surface area contributed by atoms with E-state index < -0.39 is 0 Å². The zero-order valence-corrected chi connectivity index (χ0v) is 11.1. The van der Waals surface area contributed by atoms with Crippen LogP contribution >= 0.6 is 0 Å². The predicted molar refractivity (Wildman–Crippen MR) is 69.7 cm³/mol. The van der Waals surface area contributed by atoms with Gasteiger partial charge in [0, 0.05) is 7.11 Å². The van der Waals surface area contributed by atoms with Gasteiger partial charge in [0.1, 0.15) is 0 Å². The average Bonchev–Trinajstić information content (AvgIpc) is 2.32. The van der Waals surface area contributed by atoms with Crippen LogP contribution in [0.4, 0.5) is 0 Å². The second-order valence-corrected chi connectivity index (χ2v) is 5.12. The number of rotatable bonds is 6. The summed E-state index contributed by atoms with van der Waals surface area (Å²) in [7, 11) is 1.85. The number of ether oxygens (including phenoxy) is 1. The van der Waals surface area contributed by atoms with Crippen molar-refractivity contribution in [2.45, 2.75) is 57.6 Å². The van der Waals surface area contributed by atoms with Crippen LogP contribution in [0, 0.1) is 5.92 Å². The van der Waals surface area contributed by atoms with Crippen LogP contribution in [0.3, 0.4) is 0 Å². The highest BCUT2D eigenvalue weighted by Gasteiger charge is 2.39. The smallest absolute Gasteiger partial charge is 0.0866 e. The van der Waals surface area contributed by atoms with Crippen LogP contribution in [0.15, 0.2) is 12.7 Å². The molecule has 16 heavy (non-hydrogen) atoms. The third-order valence-corrected chi connectivity index (χ3v) is 3.94. The highest BCUT2D eigenvalue weighted by atomic mass is 16.5. The van der Waals surface area contributed by atoms with Crippen molar-refractivity contribution < 1.29 is 4.74 Å². The van der Waals surface area contributed by atoms with Crippen LogP contribution in [-0.4, -0.2) is 25.3 Å². The van der Waals surface area contributed by atoms with E-state index in [-0.39, 0.29) is 5.60 Å². The number of hydrogen-bond acceptors (Lipinski definition) is 2. The largest absolute Gasteiger partial charge is 0.376 e. The van der Waals surface area contributed by atoms with Crippen molar-refractivity contribution in [1.29, 1.82) is 0 Å². The molecule has 0 aromatic heterocycles. The van der Waals surface area contributed by atoms with Gasteiger partial charge in [-0.15, -0.1) is 6.58 Å². The molecule has 1 aliphatic rings. The first-order chi connectivity index (χ1) is 7.68. The second kappa shape index (κ2) is 6.41. The first kappa shape index (κ1) is 13.7. The van der Waals surface area contributed by atoms with E-state index in [2.05, 4.69) is 25.7 Å². The lowest BCUT2D eigenvalue weighted by Crippen LogP contribution is -2.53. The van der Waals surface area contributed by atoms with Gasteiger partial charge in [0.05, 0.1) is 11.6 Å². The van der Waals surface area contributed by atoms with Gasteiger partial charge in [-0.25, -0.2) is 0 Å². The Morgan fingerprint density at radius 3 is 2.56 bits per heavy atom. The summed E-state index contributed by atoms with van der Waals surface area (Å²) in [5.41, 5.74) is -0.0105. The number of methoxy groups -OCH3 is 1. The van der Waals surface area contributed by atoms with Crippen molar-refractivity contribution in [3.63, 3.8) is 0 Å². The van der Waals surface area contributed by atoms with Crippen LogP contribution in [0.25, 0.3) is 0 Å². The molecule has 94 valence electrons. The van der Waals surface area contributed by atoms with E-state index in [4.69, 9.17) is 4.74 Å². The fraction of sp³-hybridized carbons (Fsp3) is 0.857. The maximum Gasteiger partial charge on any atom is 0.0866 e. The molecular weight excluding hydrogens is 198 g/mol. The van der Waals surface area contributed by atoms with Crippen LogP contribution in [0.5, 0.6) is 0 Å². The van der Waals surface area contributed by atoms with E-state index in [0.717, 1.165) is 31.7 Å². The van der Waals surface area contributed by atoms with Gasteiger partial charge in [0.2, 0.25) is 0 Å². The minimum absolute atomic E-state index is 0.0105. The summed E-state index contributed by atoms with van der Waals surface area (Å²) in [4.78, 5) is 0. The molecule has 0 radical (unpaired) electrons. The van der Waals surface area contributed by atoms with Crippen LogP contribution in [0.1, 0.15) is 46.0 Å². The molecule has 0 aromatic rings. The quantitative estimate of drug-likeness (QED) is 0.701. The normalized spacial score (nSPS) is 32.3. The lowest BCUT2D eigenvalue weighted by Gasteiger charge is -2.43. The van der Waals surface area contributed by atoms with Gasteiger partial charge in [-0.1, -0.05) is 19.9 Å². The maximum absolute atomic E-state index is 5.84. The summed E-state index contributed by atoms with van der Waals surface area (Å²) in [5.74, 6) is 0.847. The fourth-order valence-corrected chi connectivity index (χ4v) is 2.68. The zero-order valence-electron chi connectivity index (χ0n) is 11.1. The molecule has 1 N–H and O–H groups in total. The Morgan fingerprint density at radius 2 is 2.12 bits per heavy atom. The average molecular weight is 225 g/mol. The van der Waals surface area contributed by atoms with E-state index in [0.29, 0.717) is 6.04 Å². The van der Waals surface area contributed by atoms with E-state index >= 15 is 0 Å². The summed E-state index contributed by atoms with van der Waals surface area (Å²) in [5, 5.41) is 3.55. The van der Waals surface area contributed by atoms with Gasteiger partial charge < -0.3 is 10.1 Å². The summed E-state index contributed by atoms with van der Waals surface area (Å²) in [6, 6.07) is 0.296. The molecule has 0 spiro atoms. The minimum Gasteiger partial charge on any atom is -0.376 e. The van der Waals surface area contributed by atoms with Gasteiger partial charge in [-0.05, 0) is 44.6 Å². The molecule has 1 rings (SSSR count). The Kier molecular flexibility index (Phi) is 5.50. The molecule has 2 heteroatoms. The highest BCUT2D eigenvalue weighted by Crippen LogP contribution is 2.37. The van der Waals surface area contributed by atoms with Crippen molar-refractivity contribution in [3.05, 3.63) is 12.7 Å². The van der Waals surface area contributed by atoms with Crippen LogP contribution < -0.4 is 5.32 Å². The van der Waals surface area contributed by atoms with Crippen molar-refractivity contribution in [1.82, 2.24) is 5.32 Å². The molecule has 0 aliphatic heterocycles. The van der Waals surface area contributed by atoms with Gasteiger partial charge in [-0.2, -0.15) is 0 Å². The van der Waals surface area contributed by atoms with Crippen molar-refractivity contribution in [2.75, 3.05) is 13.7 Å². The summed E-state index contributed by atoms with van der Waals surface area (Å²) >= 11 is 0. The second-order valence-electron chi connectivity index (χ2n) is 5.12. The molecule has 0 saturated heterocycles. The van der Waals surface area contributed by atoms with Gasteiger partial charge >= 0.3 is 0 Å². The standard InChI is InChI=1S/C14H27NO/c1-5-11-15-13(6-2)14(16-4)9-7-12(3)8-10-14/h6,12-13,15H,2,5,7-11H2,1,3-4H3. The van der Waals surface area contributed by atoms with Crippen molar-refractivity contribution in [3.8, 4) is 0 Å². The molecule has 1 aliphatic carbocycles. The van der Waals surface area contributed by atoms with E-state index in [1.54, 1.807) is 0 Å². The molecule has 1 fully saturated rings. The monoisotopic (exact) mass is 225 g/mol. The molecule has 0 heterocycles. The first-order valence-electron chi connectivity index (χ1n) is 6.59.